The zero-order valence-corrected chi connectivity index (χ0v) is 14.3. The molecule has 3 nitrogen and oxygen atoms in total. The summed E-state index contributed by atoms with van der Waals surface area (Å²) in [5.41, 5.74) is 1.59. The highest BCUT2D eigenvalue weighted by molar-refractivity contribution is 7.10. The molecule has 0 radical (unpaired) electrons. The van der Waals surface area contributed by atoms with E-state index in [2.05, 4.69) is 11.4 Å². The average Bonchev–Trinajstić information content (AvgIpc) is 3.10. The maximum Gasteiger partial charge on any atom is 0.233 e. The highest BCUT2D eigenvalue weighted by Gasteiger charge is 2.44. The summed E-state index contributed by atoms with van der Waals surface area (Å²) in [4.78, 5) is 16.8. The van der Waals surface area contributed by atoms with Gasteiger partial charge in [0.25, 0.3) is 0 Å². The molecular weight excluding hydrogens is 325 g/mol. The Morgan fingerprint density at radius 3 is 2.67 bits per heavy atom. The van der Waals surface area contributed by atoms with E-state index in [-0.39, 0.29) is 11.7 Å². The van der Waals surface area contributed by atoms with Crippen LogP contribution < -0.4 is 0 Å². The van der Waals surface area contributed by atoms with Crippen molar-refractivity contribution in [1.82, 2.24) is 4.90 Å². The average molecular weight is 345 g/mol. The molecule has 2 aliphatic heterocycles. The molecule has 0 spiro atoms. The molecule has 0 unspecified atom stereocenters. The van der Waals surface area contributed by atoms with Crippen LogP contribution in [-0.4, -0.2) is 30.6 Å². The van der Waals surface area contributed by atoms with Gasteiger partial charge in [-0.25, -0.2) is 4.39 Å². The molecule has 1 saturated heterocycles. The van der Waals surface area contributed by atoms with Gasteiger partial charge in [0, 0.05) is 31.2 Å². The van der Waals surface area contributed by atoms with Crippen molar-refractivity contribution in [2.24, 2.45) is 0 Å². The van der Waals surface area contributed by atoms with Gasteiger partial charge >= 0.3 is 0 Å². The number of nitrogens with zero attached hydrogens (tertiary/aromatic N) is 1. The Morgan fingerprint density at radius 1 is 1.17 bits per heavy atom. The zero-order chi connectivity index (χ0) is 16.6. The fourth-order valence-electron chi connectivity index (χ4n) is 3.84. The molecule has 4 rings (SSSR count). The van der Waals surface area contributed by atoms with Crippen molar-refractivity contribution in [2.75, 3.05) is 19.8 Å². The zero-order valence-electron chi connectivity index (χ0n) is 13.5. The van der Waals surface area contributed by atoms with E-state index in [1.165, 1.54) is 22.6 Å². The Hall–Kier alpha value is -1.72. The summed E-state index contributed by atoms with van der Waals surface area (Å²) < 4.78 is 18.9. The molecule has 126 valence electrons. The number of hydrogen-bond donors (Lipinski definition) is 0. The standard InChI is InChI=1S/C19H20FNO2S/c20-16-3-1-15(2-4-16)19(7-10-23-11-8-19)18(22)21-9-5-17-14(13-21)6-12-24-17/h1-4,6,12H,5,7-11,13H2. The van der Waals surface area contributed by atoms with E-state index >= 15 is 0 Å². The van der Waals surface area contributed by atoms with E-state index in [1.807, 2.05) is 4.90 Å². The first-order valence-electron chi connectivity index (χ1n) is 8.37. The fourth-order valence-corrected chi connectivity index (χ4v) is 4.73. The molecule has 1 fully saturated rings. The first-order valence-corrected chi connectivity index (χ1v) is 9.25. The van der Waals surface area contributed by atoms with Gasteiger partial charge in [0.15, 0.2) is 0 Å². The van der Waals surface area contributed by atoms with Crippen LogP contribution in [0.4, 0.5) is 4.39 Å². The van der Waals surface area contributed by atoms with Crippen LogP contribution in [0.1, 0.15) is 28.8 Å². The number of carbonyl (C=O) groups is 1. The number of hydrogen-bond acceptors (Lipinski definition) is 3. The minimum Gasteiger partial charge on any atom is -0.381 e. The van der Waals surface area contributed by atoms with Gasteiger partial charge < -0.3 is 9.64 Å². The van der Waals surface area contributed by atoms with Gasteiger partial charge in [-0.05, 0) is 54.0 Å². The third kappa shape index (κ3) is 2.66. The van der Waals surface area contributed by atoms with Crippen molar-refractivity contribution >= 4 is 17.2 Å². The third-order valence-corrected chi connectivity index (χ3v) is 6.27. The van der Waals surface area contributed by atoms with E-state index < -0.39 is 5.41 Å². The van der Waals surface area contributed by atoms with Crippen molar-refractivity contribution in [3.05, 3.63) is 57.5 Å². The monoisotopic (exact) mass is 345 g/mol. The Kier molecular flexibility index (Phi) is 4.14. The summed E-state index contributed by atoms with van der Waals surface area (Å²) in [6.45, 7) is 2.58. The van der Waals surface area contributed by atoms with Crippen LogP contribution in [0.15, 0.2) is 35.7 Å². The van der Waals surface area contributed by atoms with E-state index in [0.717, 1.165) is 18.5 Å². The molecule has 0 N–H and O–H groups in total. The van der Waals surface area contributed by atoms with Crippen molar-refractivity contribution < 1.29 is 13.9 Å². The Labute approximate surface area is 145 Å². The molecule has 1 aromatic heterocycles. The summed E-state index contributed by atoms with van der Waals surface area (Å²) in [6.07, 6.45) is 2.24. The largest absolute Gasteiger partial charge is 0.381 e. The van der Waals surface area contributed by atoms with Gasteiger partial charge in [0.05, 0.1) is 5.41 Å². The normalized spacial score (nSPS) is 19.8. The van der Waals surface area contributed by atoms with Crippen LogP contribution in [-0.2, 0) is 27.9 Å². The first kappa shape index (κ1) is 15.8. The van der Waals surface area contributed by atoms with Crippen LogP contribution in [0.25, 0.3) is 0 Å². The SMILES string of the molecule is O=C(N1CCc2sccc2C1)C1(c2ccc(F)cc2)CCOCC1. The second-order valence-electron chi connectivity index (χ2n) is 6.55. The summed E-state index contributed by atoms with van der Waals surface area (Å²) in [5.74, 6) is -0.108. The van der Waals surface area contributed by atoms with Crippen LogP contribution in [0.3, 0.4) is 0 Å². The second-order valence-corrected chi connectivity index (χ2v) is 7.55. The van der Waals surface area contributed by atoms with Gasteiger partial charge in [-0.2, -0.15) is 0 Å². The number of thiophene rings is 1. The van der Waals surface area contributed by atoms with E-state index in [4.69, 9.17) is 4.74 Å². The number of rotatable bonds is 2. The summed E-state index contributed by atoms with van der Waals surface area (Å²) in [5, 5.41) is 2.10. The minimum atomic E-state index is -0.584. The maximum atomic E-state index is 13.5. The molecule has 24 heavy (non-hydrogen) atoms. The molecule has 0 atom stereocenters. The summed E-state index contributed by atoms with van der Waals surface area (Å²) >= 11 is 1.77. The van der Waals surface area contributed by atoms with Crippen LogP contribution in [0, 0.1) is 5.82 Å². The summed E-state index contributed by atoms with van der Waals surface area (Å²) in [6, 6.07) is 8.55. The van der Waals surface area contributed by atoms with Crippen LogP contribution >= 0.6 is 11.3 Å². The Morgan fingerprint density at radius 2 is 1.92 bits per heavy atom. The highest BCUT2D eigenvalue weighted by atomic mass is 32.1. The van der Waals surface area contributed by atoms with Gasteiger partial charge in [-0.1, -0.05) is 12.1 Å². The number of ether oxygens (including phenoxy) is 1. The molecule has 0 aliphatic carbocycles. The predicted molar refractivity (Wildman–Crippen MR) is 91.6 cm³/mol. The maximum absolute atomic E-state index is 13.5. The molecule has 3 heterocycles. The molecule has 0 bridgehead atoms. The Balaban J connectivity index is 1.66. The van der Waals surface area contributed by atoms with Gasteiger partial charge in [0.2, 0.25) is 5.91 Å². The lowest BCUT2D eigenvalue weighted by molar-refractivity contribution is -0.142. The second kappa shape index (κ2) is 6.30. The van der Waals surface area contributed by atoms with Crippen LogP contribution in [0.5, 0.6) is 0 Å². The molecule has 2 aliphatic rings. The number of carbonyl (C=O) groups excluding carboxylic acids is 1. The quantitative estimate of drug-likeness (QED) is 0.833. The lowest BCUT2D eigenvalue weighted by atomic mass is 9.72. The number of fused-ring (bicyclic) bond motifs is 1. The molecular formula is C19H20FNO2S. The number of benzene rings is 1. The number of amides is 1. The fraction of sp³-hybridized carbons (Fsp3) is 0.421. The predicted octanol–water partition coefficient (Wildman–Crippen LogP) is 3.52. The highest BCUT2D eigenvalue weighted by Crippen LogP contribution is 2.38. The molecule has 1 aromatic carbocycles. The Bertz CT molecular complexity index is 734. The van der Waals surface area contributed by atoms with Gasteiger partial charge in [-0.3, -0.25) is 4.79 Å². The first-order chi connectivity index (χ1) is 11.7. The van der Waals surface area contributed by atoms with Crippen molar-refractivity contribution in [2.45, 2.75) is 31.2 Å². The van der Waals surface area contributed by atoms with Crippen molar-refractivity contribution in [1.29, 1.82) is 0 Å². The van der Waals surface area contributed by atoms with Crippen LogP contribution in [0.2, 0.25) is 0 Å². The van der Waals surface area contributed by atoms with E-state index in [1.54, 1.807) is 23.5 Å². The molecule has 5 heteroatoms. The lowest BCUT2D eigenvalue weighted by Crippen LogP contribution is -2.51. The molecule has 1 amide bonds. The molecule has 2 aromatic rings. The number of halogens is 1. The van der Waals surface area contributed by atoms with E-state index in [9.17, 15) is 9.18 Å². The molecule has 0 saturated carbocycles. The van der Waals surface area contributed by atoms with Gasteiger partial charge in [0.1, 0.15) is 5.82 Å². The van der Waals surface area contributed by atoms with Crippen molar-refractivity contribution in [3.8, 4) is 0 Å². The minimum absolute atomic E-state index is 0.161. The topological polar surface area (TPSA) is 29.5 Å². The summed E-state index contributed by atoms with van der Waals surface area (Å²) in [7, 11) is 0. The van der Waals surface area contributed by atoms with Crippen molar-refractivity contribution in [3.63, 3.8) is 0 Å². The van der Waals surface area contributed by atoms with E-state index in [0.29, 0.717) is 32.6 Å². The van der Waals surface area contributed by atoms with Gasteiger partial charge in [-0.15, -0.1) is 11.3 Å². The smallest absolute Gasteiger partial charge is 0.233 e. The third-order valence-electron chi connectivity index (χ3n) is 5.25. The lowest BCUT2D eigenvalue weighted by Gasteiger charge is -2.41.